The Kier molecular flexibility index (Phi) is 6.19. The average molecular weight is 298 g/mol. The number of aliphatic hydroxyl groups excluding tert-OH is 1. The van der Waals surface area contributed by atoms with Crippen LogP contribution in [0.5, 0.6) is 0 Å². The molecule has 112 valence electrons. The van der Waals surface area contributed by atoms with E-state index in [0.29, 0.717) is 13.1 Å². The summed E-state index contributed by atoms with van der Waals surface area (Å²) in [5, 5.41) is 9.03. The summed E-state index contributed by atoms with van der Waals surface area (Å²) in [7, 11) is -3.46. The number of hydrogen-bond donors (Lipinski definition) is 2. The van der Waals surface area contributed by atoms with E-state index in [4.69, 9.17) is 5.11 Å². The third-order valence-corrected chi connectivity index (χ3v) is 4.30. The predicted molar refractivity (Wildman–Crippen MR) is 81.4 cm³/mol. The number of benzene rings is 1. The minimum absolute atomic E-state index is 0.0306. The van der Waals surface area contributed by atoms with Crippen LogP contribution in [0.4, 0.5) is 5.69 Å². The summed E-state index contributed by atoms with van der Waals surface area (Å²) in [6, 6.07) is 6.44. The van der Waals surface area contributed by atoms with Crippen molar-refractivity contribution in [2.24, 2.45) is 0 Å². The number of rotatable bonds is 8. The lowest BCUT2D eigenvalue weighted by atomic mass is 10.3. The van der Waals surface area contributed by atoms with Crippen LogP contribution >= 0.6 is 0 Å². The molecular weight excluding hydrogens is 276 g/mol. The largest absolute Gasteiger partial charge is 0.395 e. The van der Waals surface area contributed by atoms with Gasteiger partial charge in [-0.1, -0.05) is 6.08 Å². The van der Waals surface area contributed by atoms with Gasteiger partial charge in [-0.2, -0.15) is 0 Å². The van der Waals surface area contributed by atoms with E-state index in [0.717, 1.165) is 5.69 Å². The average Bonchev–Trinajstić information content (AvgIpc) is 2.37. The van der Waals surface area contributed by atoms with Crippen molar-refractivity contribution in [3.63, 3.8) is 0 Å². The molecule has 0 heterocycles. The van der Waals surface area contributed by atoms with Gasteiger partial charge >= 0.3 is 0 Å². The minimum Gasteiger partial charge on any atom is -0.395 e. The lowest BCUT2D eigenvalue weighted by Gasteiger charge is -2.22. The second kappa shape index (κ2) is 7.42. The lowest BCUT2D eigenvalue weighted by Crippen LogP contribution is -2.30. The van der Waals surface area contributed by atoms with Crippen molar-refractivity contribution in [3.8, 4) is 0 Å². The Morgan fingerprint density at radius 2 is 1.95 bits per heavy atom. The molecule has 6 heteroatoms. The van der Waals surface area contributed by atoms with Gasteiger partial charge in [0.2, 0.25) is 10.0 Å². The van der Waals surface area contributed by atoms with Crippen LogP contribution in [0.15, 0.2) is 41.8 Å². The quantitative estimate of drug-likeness (QED) is 0.711. The molecule has 0 aliphatic rings. The van der Waals surface area contributed by atoms with E-state index in [2.05, 4.69) is 11.3 Å². The number of sulfonamides is 1. The van der Waals surface area contributed by atoms with Crippen molar-refractivity contribution in [2.45, 2.75) is 24.8 Å². The van der Waals surface area contributed by atoms with Crippen molar-refractivity contribution < 1.29 is 13.5 Å². The zero-order valence-corrected chi connectivity index (χ0v) is 12.7. The first-order valence-corrected chi connectivity index (χ1v) is 7.98. The third kappa shape index (κ3) is 4.63. The molecule has 5 nitrogen and oxygen atoms in total. The lowest BCUT2D eigenvalue weighted by molar-refractivity contribution is 0.303. The Balaban J connectivity index is 2.95. The Morgan fingerprint density at radius 3 is 2.40 bits per heavy atom. The van der Waals surface area contributed by atoms with Crippen LogP contribution in [0, 0.1) is 0 Å². The van der Waals surface area contributed by atoms with Gasteiger partial charge in [0.15, 0.2) is 0 Å². The smallest absolute Gasteiger partial charge is 0.240 e. The van der Waals surface area contributed by atoms with E-state index in [9.17, 15) is 8.42 Å². The molecule has 0 unspecified atom stereocenters. The number of nitrogens with zero attached hydrogens (tertiary/aromatic N) is 1. The predicted octanol–water partition coefficient (Wildman–Crippen LogP) is 1.36. The first-order valence-electron chi connectivity index (χ1n) is 6.50. The molecule has 0 saturated carbocycles. The number of aliphatic hydroxyl groups is 1. The maximum atomic E-state index is 12.0. The van der Waals surface area contributed by atoms with Gasteiger partial charge in [-0.15, -0.1) is 6.58 Å². The van der Waals surface area contributed by atoms with E-state index in [1.54, 1.807) is 44.2 Å². The first kappa shape index (κ1) is 16.7. The van der Waals surface area contributed by atoms with E-state index in [1.807, 2.05) is 4.90 Å². The van der Waals surface area contributed by atoms with E-state index in [-0.39, 0.29) is 17.5 Å². The Bertz CT molecular complexity index is 524. The van der Waals surface area contributed by atoms with Gasteiger partial charge in [0.1, 0.15) is 0 Å². The Hall–Kier alpha value is -1.37. The summed E-state index contributed by atoms with van der Waals surface area (Å²) in [6.45, 7) is 8.32. The molecule has 0 bridgehead atoms. The van der Waals surface area contributed by atoms with Crippen LogP contribution in [-0.4, -0.2) is 39.3 Å². The highest BCUT2D eigenvalue weighted by molar-refractivity contribution is 7.89. The first-order chi connectivity index (χ1) is 9.40. The fourth-order valence-corrected chi connectivity index (χ4v) is 3.07. The van der Waals surface area contributed by atoms with Crippen molar-refractivity contribution in [1.82, 2.24) is 4.72 Å². The molecule has 0 spiro atoms. The normalized spacial score (nSPS) is 11.6. The highest BCUT2D eigenvalue weighted by Crippen LogP contribution is 2.18. The Labute approximate surface area is 121 Å². The molecule has 0 fully saturated rings. The summed E-state index contributed by atoms with van der Waals surface area (Å²) in [6.07, 6.45) is 1.74. The standard InChI is InChI=1S/C14H22N2O3S/c1-4-9-16(10-11-17)13-5-7-14(8-6-13)20(18,19)15-12(2)3/h4-8,12,15,17H,1,9-11H2,2-3H3. The van der Waals surface area contributed by atoms with Gasteiger partial charge in [0, 0.05) is 24.8 Å². The molecule has 20 heavy (non-hydrogen) atoms. The van der Waals surface area contributed by atoms with Gasteiger partial charge < -0.3 is 10.0 Å². The Morgan fingerprint density at radius 1 is 1.35 bits per heavy atom. The fraction of sp³-hybridized carbons (Fsp3) is 0.429. The van der Waals surface area contributed by atoms with Crippen molar-refractivity contribution in [1.29, 1.82) is 0 Å². The molecule has 0 atom stereocenters. The van der Waals surface area contributed by atoms with Crippen LogP contribution in [-0.2, 0) is 10.0 Å². The molecule has 0 aliphatic heterocycles. The summed E-state index contributed by atoms with van der Waals surface area (Å²) in [5.74, 6) is 0. The summed E-state index contributed by atoms with van der Waals surface area (Å²) in [5.41, 5.74) is 0.849. The number of hydrogen-bond acceptors (Lipinski definition) is 4. The SMILES string of the molecule is C=CCN(CCO)c1ccc(S(=O)(=O)NC(C)C)cc1. The second-order valence-electron chi connectivity index (χ2n) is 4.73. The molecule has 0 radical (unpaired) electrons. The minimum atomic E-state index is -3.46. The van der Waals surface area contributed by atoms with Crippen LogP contribution in [0.1, 0.15) is 13.8 Å². The van der Waals surface area contributed by atoms with Crippen LogP contribution in [0.3, 0.4) is 0 Å². The van der Waals surface area contributed by atoms with E-state index >= 15 is 0 Å². The maximum Gasteiger partial charge on any atom is 0.240 e. The molecular formula is C14H22N2O3S. The van der Waals surface area contributed by atoms with Crippen LogP contribution < -0.4 is 9.62 Å². The van der Waals surface area contributed by atoms with Crippen LogP contribution in [0.25, 0.3) is 0 Å². The molecule has 0 saturated heterocycles. The number of anilines is 1. The van der Waals surface area contributed by atoms with Gasteiger partial charge in [-0.25, -0.2) is 13.1 Å². The third-order valence-electron chi connectivity index (χ3n) is 2.62. The summed E-state index contributed by atoms with van der Waals surface area (Å²) >= 11 is 0. The van der Waals surface area contributed by atoms with Gasteiger partial charge in [-0.3, -0.25) is 0 Å². The number of nitrogens with one attached hydrogen (secondary N) is 1. The molecule has 0 aromatic heterocycles. The molecule has 0 amide bonds. The zero-order chi connectivity index (χ0) is 15.2. The topological polar surface area (TPSA) is 69.6 Å². The monoisotopic (exact) mass is 298 g/mol. The maximum absolute atomic E-state index is 12.0. The summed E-state index contributed by atoms with van der Waals surface area (Å²) in [4.78, 5) is 2.15. The van der Waals surface area contributed by atoms with Crippen molar-refractivity contribution in [2.75, 3.05) is 24.6 Å². The van der Waals surface area contributed by atoms with E-state index in [1.165, 1.54) is 0 Å². The highest BCUT2D eigenvalue weighted by atomic mass is 32.2. The molecule has 1 aromatic rings. The molecule has 1 aromatic carbocycles. The molecule has 1 rings (SSSR count). The molecule has 2 N–H and O–H groups in total. The second-order valence-corrected chi connectivity index (χ2v) is 6.44. The summed E-state index contributed by atoms with van der Waals surface area (Å²) < 4.78 is 26.5. The van der Waals surface area contributed by atoms with Crippen LogP contribution in [0.2, 0.25) is 0 Å². The van der Waals surface area contributed by atoms with Gasteiger partial charge in [0.05, 0.1) is 11.5 Å². The van der Waals surface area contributed by atoms with E-state index < -0.39 is 10.0 Å². The van der Waals surface area contributed by atoms with Gasteiger partial charge in [0.25, 0.3) is 0 Å². The van der Waals surface area contributed by atoms with Crippen molar-refractivity contribution in [3.05, 3.63) is 36.9 Å². The highest BCUT2D eigenvalue weighted by Gasteiger charge is 2.15. The zero-order valence-electron chi connectivity index (χ0n) is 11.9. The molecule has 0 aliphatic carbocycles. The fourth-order valence-electron chi connectivity index (χ4n) is 1.82. The van der Waals surface area contributed by atoms with Crippen molar-refractivity contribution >= 4 is 15.7 Å². The van der Waals surface area contributed by atoms with Gasteiger partial charge in [-0.05, 0) is 38.1 Å².